The van der Waals surface area contributed by atoms with Gasteiger partial charge in [-0.25, -0.2) is 4.79 Å². The van der Waals surface area contributed by atoms with Crippen molar-refractivity contribution in [1.29, 1.82) is 0 Å². The summed E-state index contributed by atoms with van der Waals surface area (Å²) >= 11 is 0. The summed E-state index contributed by atoms with van der Waals surface area (Å²) in [5.74, 6) is -1.95. The Morgan fingerprint density at radius 1 is 1.14 bits per heavy atom. The first-order valence-electron chi connectivity index (χ1n) is 8.24. The van der Waals surface area contributed by atoms with E-state index in [1.54, 1.807) is 6.92 Å². The molecule has 0 radical (unpaired) electrons. The van der Waals surface area contributed by atoms with Crippen LogP contribution in [0.4, 0.5) is 0 Å². The third-order valence-corrected chi connectivity index (χ3v) is 4.62. The summed E-state index contributed by atoms with van der Waals surface area (Å²) in [5, 5.41) is 10.5. The predicted octanol–water partition coefficient (Wildman–Crippen LogP) is 1.19. The van der Waals surface area contributed by atoms with E-state index in [1.807, 2.05) is 0 Å². The van der Waals surface area contributed by atoms with Crippen LogP contribution < -0.4 is 0 Å². The van der Waals surface area contributed by atoms with Gasteiger partial charge >= 0.3 is 5.97 Å². The summed E-state index contributed by atoms with van der Waals surface area (Å²) in [5.41, 5.74) is -1.55. The molecule has 1 unspecified atom stereocenters. The number of carbonyl (C=O) groups is 3. The summed E-state index contributed by atoms with van der Waals surface area (Å²) < 4.78 is 5.01. The zero-order valence-corrected chi connectivity index (χ0v) is 13.2. The number of likely N-dealkylation sites (tertiary alicyclic amines) is 1. The number of hydrogen-bond acceptors (Lipinski definition) is 5. The first-order chi connectivity index (χ1) is 10.5. The molecule has 0 bridgehead atoms. The quantitative estimate of drug-likeness (QED) is 0.623. The van der Waals surface area contributed by atoms with E-state index in [0.717, 1.165) is 32.1 Å². The van der Waals surface area contributed by atoms with Gasteiger partial charge in [0.15, 0.2) is 0 Å². The summed E-state index contributed by atoms with van der Waals surface area (Å²) in [4.78, 5) is 38.3. The fourth-order valence-corrected chi connectivity index (χ4v) is 3.35. The van der Waals surface area contributed by atoms with Crippen molar-refractivity contribution in [1.82, 2.24) is 4.90 Å². The maximum Gasteiger partial charge on any atom is 0.328 e. The molecule has 0 spiro atoms. The van der Waals surface area contributed by atoms with Crippen LogP contribution in [-0.4, -0.2) is 52.5 Å². The number of ketones is 1. The molecule has 2 rings (SSSR count). The van der Waals surface area contributed by atoms with Crippen LogP contribution in [0.3, 0.4) is 0 Å². The average Bonchev–Trinajstić information content (AvgIpc) is 2.54. The van der Waals surface area contributed by atoms with Crippen molar-refractivity contribution in [3.05, 3.63) is 0 Å². The third-order valence-electron chi connectivity index (χ3n) is 4.62. The molecule has 1 saturated heterocycles. The first-order valence-corrected chi connectivity index (χ1v) is 8.24. The van der Waals surface area contributed by atoms with Gasteiger partial charge in [-0.3, -0.25) is 9.59 Å². The van der Waals surface area contributed by atoms with Gasteiger partial charge in [0.05, 0.1) is 6.61 Å². The topological polar surface area (TPSA) is 83.9 Å². The molecule has 1 N–H and O–H groups in total. The fraction of sp³-hybridized carbons (Fsp3) is 0.812. The number of piperidine rings is 1. The summed E-state index contributed by atoms with van der Waals surface area (Å²) in [6.45, 7) is 2.32. The van der Waals surface area contributed by atoms with Crippen LogP contribution in [0.15, 0.2) is 0 Å². The largest absolute Gasteiger partial charge is 0.464 e. The highest BCUT2D eigenvalue weighted by Gasteiger charge is 2.45. The Bertz CT molecular complexity index is 442. The van der Waals surface area contributed by atoms with E-state index in [4.69, 9.17) is 4.74 Å². The first kappa shape index (κ1) is 16.9. The number of Topliss-reactive ketones (excluding diaryl/α,β-unsaturated/α-hetero) is 1. The van der Waals surface area contributed by atoms with Crippen LogP contribution >= 0.6 is 0 Å². The number of hydrogen-bond donors (Lipinski definition) is 1. The molecule has 1 saturated carbocycles. The van der Waals surface area contributed by atoms with Crippen LogP contribution in [-0.2, 0) is 19.1 Å². The Labute approximate surface area is 130 Å². The van der Waals surface area contributed by atoms with Gasteiger partial charge in [-0.1, -0.05) is 19.3 Å². The molecule has 2 fully saturated rings. The van der Waals surface area contributed by atoms with Crippen molar-refractivity contribution in [3.8, 4) is 0 Å². The van der Waals surface area contributed by atoms with Crippen molar-refractivity contribution in [2.75, 3.05) is 13.2 Å². The Kier molecular flexibility index (Phi) is 5.56. The molecular formula is C16H25NO5. The Hall–Kier alpha value is -1.43. The number of ether oxygens (including phenoxy) is 1. The smallest absolute Gasteiger partial charge is 0.328 e. The maximum atomic E-state index is 12.5. The van der Waals surface area contributed by atoms with Crippen LogP contribution in [0.25, 0.3) is 0 Å². The molecule has 1 heterocycles. The molecule has 6 heteroatoms. The number of aliphatic hydroxyl groups is 1. The molecule has 1 atom stereocenters. The van der Waals surface area contributed by atoms with Gasteiger partial charge in [0.2, 0.25) is 0 Å². The number of carbonyl (C=O) groups excluding carboxylic acids is 3. The average molecular weight is 311 g/mol. The van der Waals surface area contributed by atoms with Crippen molar-refractivity contribution < 1.29 is 24.2 Å². The third kappa shape index (κ3) is 3.48. The Morgan fingerprint density at radius 2 is 1.82 bits per heavy atom. The Balaban J connectivity index is 2.11. The van der Waals surface area contributed by atoms with E-state index in [1.165, 1.54) is 4.90 Å². The second-order valence-electron chi connectivity index (χ2n) is 6.18. The molecule has 0 aromatic heterocycles. The molecule has 0 aromatic carbocycles. The monoisotopic (exact) mass is 311 g/mol. The normalized spacial score (nSPS) is 24.6. The van der Waals surface area contributed by atoms with E-state index in [2.05, 4.69) is 0 Å². The highest BCUT2D eigenvalue weighted by Crippen LogP contribution is 2.30. The van der Waals surface area contributed by atoms with Crippen LogP contribution in [0.1, 0.15) is 58.3 Å². The number of nitrogens with zero attached hydrogens (tertiary/aromatic N) is 1. The van der Waals surface area contributed by atoms with E-state index < -0.39 is 29.3 Å². The molecule has 1 amide bonds. The molecule has 22 heavy (non-hydrogen) atoms. The summed E-state index contributed by atoms with van der Waals surface area (Å²) in [7, 11) is 0. The highest BCUT2D eigenvalue weighted by atomic mass is 16.5. The van der Waals surface area contributed by atoms with E-state index in [0.29, 0.717) is 25.8 Å². The SMILES string of the molecule is CCOC(=O)C1CCCCN1C(=O)C(=O)C1(O)CCCCC1. The van der Waals surface area contributed by atoms with Crippen LogP contribution in [0.5, 0.6) is 0 Å². The van der Waals surface area contributed by atoms with Gasteiger partial charge in [-0.05, 0) is 39.0 Å². The molecule has 1 aliphatic heterocycles. The number of rotatable bonds is 4. The summed E-state index contributed by atoms with van der Waals surface area (Å²) in [6.07, 6.45) is 5.22. The molecule has 1 aliphatic carbocycles. The van der Waals surface area contributed by atoms with Gasteiger partial charge in [-0.15, -0.1) is 0 Å². The van der Waals surface area contributed by atoms with E-state index in [9.17, 15) is 19.5 Å². The van der Waals surface area contributed by atoms with Crippen molar-refractivity contribution in [2.24, 2.45) is 0 Å². The minimum atomic E-state index is -1.55. The second kappa shape index (κ2) is 7.22. The lowest BCUT2D eigenvalue weighted by Crippen LogP contribution is -2.56. The highest BCUT2D eigenvalue weighted by molar-refractivity contribution is 6.39. The molecule has 0 aromatic rings. The zero-order valence-electron chi connectivity index (χ0n) is 13.2. The zero-order chi connectivity index (χ0) is 16.2. The van der Waals surface area contributed by atoms with Gasteiger partial charge in [-0.2, -0.15) is 0 Å². The van der Waals surface area contributed by atoms with E-state index >= 15 is 0 Å². The molecular weight excluding hydrogens is 286 g/mol. The van der Waals surface area contributed by atoms with Gasteiger partial charge in [0.25, 0.3) is 11.7 Å². The minimum Gasteiger partial charge on any atom is -0.464 e. The number of amides is 1. The van der Waals surface area contributed by atoms with Gasteiger partial charge in [0.1, 0.15) is 11.6 Å². The lowest BCUT2D eigenvalue weighted by atomic mass is 9.81. The van der Waals surface area contributed by atoms with Crippen LogP contribution in [0, 0.1) is 0 Å². The molecule has 6 nitrogen and oxygen atoms in total. The standard InChI is InChI=1S/C16H25NO5/c1-2-22-15(20)12-8-4-7-11-17(12)14(19)13(18)16(21)9-5-3-6-10-16/h12,21H,2-11H2,1H3. The van der Waals surface area contributed by atoms with Crippen molar-refractivity contribution in [2.45, 2.75) is 69.9 Å². The lowest BCUT2D eigenvalue weighted by molar-refractivity contribution is -0.164. The summed E-state index contributed by atoms with van der Waals surface area (Å²) in [6, 6.07) is -0.697. The minimum absolute atomic E-state index is 0.245. The maximum absolute atomic E-state index is 12.5. The number of esters is 1. The lowest BCUT2D eigenvalue weighted by Gasteiger charge is -2.36. The Morgan fingerprint density at radius 3 is 2.45 bits per heavy atom. The van der Waals surface area contributed by atoms with Crippen LogP contribution in [0.2, 0.25) is 0 Å². The molecule has 2 aliphatic rings. The van der Waals surface area contributed by atoms with Gasteiger partial charge in [0, 0.05) is 6.54 Å². The van der Waals surface area contributed by atoms with Crippen molar-refractivity contribution >= 4 is 17.7 Å². The van der Waals surface area contributed by atoms with Crippen molar-refractivity contribution in [3.63, 3.8) is 0 Å². The van der Waals surface area contributed by atoms with E-state index in [-0.39, 0.29) is 6.61 Å². The fourth-order valence-electron chi connectivity index (χ4n) is 3.35. The molecule has 124 valence electrons. The van der Waals surface area contributed by atoms with Gasteiger partial charge < -0.3 is 14.7 Å². The second-order valence-corrected chi connectivity index (χ2v) is 6.18. The predicted molar refractivity (Wildman–Crippen MR) is 79.0 cm³/mol.